The molecule has 0 aromatic heterocycles. The minimum Gasteiger partial charge on any atom is -0.389 e. The number of aliphatic hydroxyl groups is 1. The Balaban J connectivity index is 2.65. The van der Waals surface area contributed by atoms with E-state index in [2.05, 4.69) is 21.2 Å². The fourth-order valence-corrected chi connectivity index (χ4v) is 1.17. The van der Waals surface area contributed by atoms with E-state index in [0.29, 0.717) is 16.7 Å². The Bertz CT molecular complexity index is 322. The molecule has 1 aromatic rings. The summed E-state index contributed by atoms with van der Waals surface area (Å²) in [6.45, 7) is 3.76. The molecule has 1 rings (SSSR count). The van der Waals surface area contributed by atoms with Crippen LogP contribution in [-0.4, -0.2) is 17.3 Å². The number of anilines is 1. The Morgan fingerprint density at radius 2 is 2.14 bits per heavy atom. The number of hydrogen-bond donors (Lipinski definition) is 2. The zero-order valence-corrected chi connectivity index (χ0v) is 9.73. The molecular formula is C10H13BrFNO. The van der Waals surface area contributed by atoms with Crippen molar-refractivity contribution in [1.29, 1.82) is 0 Å². The van der Waals surface area contributed by atoms with Crippen LogP contribution in [0.15, 0.2) is 22.7 Å². The first-order valence-corrected chi connectivity index (χ1v) is 5.09. The van der Waals surface area contributed by atoms with Crippen molar-refractivity contribution in [2.75, 3.05) is 11.9 Å². The summed E-state index contributed by atoms with van der Waals surface area (Å²) >= 11 is 3.07. The molecule has 0 unspecified atom stereocenters. The summed E-state index contributed by atoms with van der Waals surface area (Å²) in [7, 11) is 0. The minimum absolute atomic E-state index is 0.314. The monoisotopic (exact) mass is 261 g/mol. The highest BCUT2D eigenvalue weighted by molar-refractivity contribution is 9.10. The first kappa shape index (κ1) is 11.5. The predicted molar refractivity (Wildman–Crippen MR) is 58.9 cm³/mol. The summed E-state index contributed by atoms with van der Waals surface area (Å²) < 4.78 is 13.5. The topological polar surface area (TPSA) is 32.3 Å². The van der Waals surface area contributed by atoms with Crippen molar-refractivity contribution in [3.05, 3.63) is 28.5 Å². The summed E-state index contributed by atoms with van der Waals surface area (Å²) in [6.07, 6.45) is 0. The van der Waals surface area contributed by atoms with Gasteiger partial charge in [-0.2, -0.15) is 0 Å². The molecule has 0 saturated heterocycles. The Morgan fingerprint density at radius 1 is 1.50 bits per heavy atom. The van der Waals surface area contributed by atoms with Crippen molar-refractivity contribution in [3.63, 3.8) is 0 Å². The van der Waals surface area contributed by atoms with E-state index in [4.69, 9.17) is 0 Å². The Kier molecular flexibility index (Phi) is 3.50. The number of halogens is 2. The van der Waals surface area contributed by atoms with Gasteiger partial charge in [0.1, 0.15) is 5.82 Å². The third-order valence-electron chi connectivity index (χ3n) is 1.64. The van der Waals surface area contributed by atoms with Crippen LogP contribution in [0, 0.1) is 5.82 Å². The maximum absolute atomic E-state index is 13.0. The molecule has 4 heteroatoms. The van der Waals surface area contributed by atoms with Crippen LogP contribution in [0.3, 0.4) is 0 Å². The van der Waals surface area contributed by atoms with Crippen LogP contribution in [0.1, 0.15) is 13.8 Å². The molecular weight excluding hydrogens is 249 g/mol. The average Bonchev–Trinajstić information content (AvgIpc) is 2.06. The molecule has 0 radical (unpaired) electrons. The highest BCUT2D eigenvalue weighted by Crippen LogP contribution is 2.19. The van der Waals surface area contributed by atoms with Crippen molar-refractivity contribution in [3.8, 4) is 0 Å². The summed E-state index contributed by atoms with van der Waals surface area (Å²) in [6, 6.07) is 4.76. The summed E-state index contributed by atoms with van der Waals surface area (Å²) in [4.78, 5) is 0. The van der Waals surface area contributed by atoms with Crippen molar-refractivity contribution in [1.82, 2.24) is 0 Å². The van der Waals surface area contributed by atoms with E-state index in [0.717, 1.165) is 0 Å². The van der Waals surface area contributed by atoms with E-state index in [1.807, 2.05) is 0 Å². The molecule has 2 nitrogen and oxygen atoms in total. The van der Waals surface area contributed by atoms with Crippen molar-refractivity contribution < 1.29 is 9.50 Å². The third kappa shape index (κ3) is 3.64. The van der Waals surface area contributed by atoms with Gasteiger partial charge in [-0.15, -0.1) is 0 Å². The summed E-state index contributed by atoms with van der Waals surface area (Å²) in [5.41, 5.74) is -0.142. The number of rotatable bonds is 3. The van der Waals surface area contributed by atoms with Gasteiger partial charge in [-0.25, -0.2) is 4.39 Å². The van der Waals surface area contributed by atoms with E-state index in [1.165, 1.54) is 6.07 Å². The largest absolute Gasteiger partial charge is 0.389 e. The maximum atomic E-state index is 13.0. The van der Waals surface area contributed by atoms with Gasteiger partial charge in [-0.05, 0) is 48.0 Å². The second-order valence-electron chi connectivity index (χ2n) is 3.79. The Labute approximate surface area is 91.3 Å². The summed E-state index contributed by atoms with van der Waals surface area (Å²) in [5.74, 6) is -0.314. The normalized spacial score (nSPS) is 11.5. The molecule has 0 amide bonds. The van der Waals surface area contributed by atoms with Gasteiger partial charge in [-0.3, -0.25) is 0 Å². The van der Waals surface area contributed by atoms with Crippen molar-refractivity contribution in [2.45, 2.75) is 19.4 Å². The Hall–Kier alpha value is -0.610. The van der Waals surface area contributed by atoms with E-state index in [1.54, 1.807) is 26.0 Å². The van der Waals surface area contributed by atoms with Gasteiger partial charge in [0, 0.05) is 12.2 Å². The highest BCUT2D eigenvalue weighted by Gasteiger charge is 2.11. The fraction of sp³-hybridized carbons (Fsp3) is 0.400. The van der Waals surface area contributed by atoms with Gasteiger partial charge < -0.3 is 10.4 Å². The van der Waals surface area contributed by atoms with Gasteiger partial charge in [0.25, 0.3) is 0 Å². The van der Waals surface area contributed by atoms with Gasteiger partial charge in [-0.1, -0.05) is 0 Å². The molecule has 0 saturated carbocycles. The minimum atomic E-state index is -0.802. The maximum Gasteiger partial charge on any atom is 0.139 e. The van der Waals surface area contributed by atoms with Crippen LogP contribution < -0.4 is 5.32 Å². The van der Waals surface area contributed by atoms with E-state index in [9.17, 15) is 9.50 Å². The van der Waals surface area contributed by atoms with Gasteiger partial charge in [0.15, 0.2) is 0 Å². The molecule has 0 aliphatic rings. The quantitative estimate of drug-likeness (QED) is 0.877. The second kappa shape index (κ2) is 4.28. The second-order valence-corrected chi connectivity index (χ2v) is 4.65. The predicted octanol–water partition coefficient (Wildman–Crippen LogP) is 2.77. The van der Waals surface area contributed by atoms with Crippen LogP contribution >= 0.6 is 15.9 Å². The highest BCUT2D eigenvalue weighted by atomic mass is 79.9. The first-order chi connectivity index (χ1) is 6.38. The molecule has 0 heterocycles. The molecule has 0 atom stereocenters. The lowest BCUT2D eigenvalue weighted by Gasteiger charge is -2.18. The summed E-state index contributed by atoms with van der Waals surface area (Å²) in [5, 5.41) is 12.4. The van der Waals surface area contributed by atoms with Crippen LogP contribution in [0.2, 0.25) is 0 Å². The molecule has 0 spiro atoms. The van der Waals surface area contributed by atoms with Gasteiger partial charge in [0.05, 0.1) is 10.1 Å². The third-order valence-corrected chi connectivity index (χ3v) is 2.29. The molecule has 0 bridgehead atoms. The molecule has 1 aromatic carbocycles. The number of hydrogen-bond acceptors (Lipinski definition) is 2. The van der Waals surface area contributed by atoms with Gasteiger partial charge >= 0.3 is 0 Å². The fourth-order valence-electron chi connectivity index (χ4n) is 0.924. The van der Waals surface area contributed by atoms with Crippen LogP contribution in [0.25, 0.3) is 0 Å². The van der Waals surface area contributed by atoms with E-state index in [-0.39, 0.29) is 5.82 Å². The van der Waals surface area contributed by atoms with Gasteiger partial charge in [0.2, 0.25) is 0 Å². The van der Waals surface area contributed by atoms with E-state index >= 15 is 0 Å². The van der Waals surface area contributed by atoms with Crippen molar-refractivity contribution >= 4 is 21.6 Å². The van der Waals surface area contributed by atoms with Crippen molar-refractivity contribution in [2.24, 2.45) is 0 Å². The lowest BCUT2D eigenvalue weighted by Crippen LogP contribution is -2.29. The lowest BCUT2D eigenvalue weighted by molar-refractivity contribution is 0.0945. The molecule has 2 N–H and O–H groups in total. The lowest BCUT2D eigenvalue weighted by atomic mass is 10.1. The molecule has 0 aliphatic heterocycles. The van der Waals surface area contributed by atoms with E-state index < -0.39 is 5.60 Å². The average molecular weight is 262 g/mol. The standard InChI is InChI=1S/C10H13BrFNO/c1-10(2,14)6-13-7-3-4-8(11)9(12)5-7/h3-5,13-14H,6H2,1-2H3. The first-order valence-electron chi connectivity index (χ1n) is 4.30. The Morgan fingerprint density at radius 3 is 2.64 bits per heavy atom. The molecule has 78 valence electrons. The zero-order chi connectivity index (χ0) is 10.8. The SMILES string of the molecule is CC(C)(O)CNc1ccc(Br)c(F)c1. The molecule has 14 heavy (non-hydrogen) atoms. The number of benzene rings is 1. The zero-order valence-electron chi connectivity index (χ0n) is 8.14. The van der Waals surface area contributed by atoms with Crippen LogP contribution in [-0.2, 0) is 0 Å². The van der Waals surface area contributed by atoms with Crippen LogP contribution in [0.4, 0.5) is 10.1 Å². The molecule has 0 fully saturated rings. The van der Waals surface area contributed by atoms with Crippen LogP contribution in [0.5, 0.6) is 0 Å². The molecule has 0 aliphatic carbocycles. The number of nitrogens with one attached hydrogen (secondary N) is 1. The smallest absolute Gasteiger partial charge is 0.139 e.